The SMILES string of the molecule is CC1CCN(S(=O)(=O)c2cc(F)ccc2CO)CC1. The average molecular weight is 287 g/mol. The van der Waals surface area contributed by atoms with Gasteiger partial charge >= 0.3 is 0 Å². The van der Waals surface area contributed by atoms with Gasteiger partial charge in [0.1, 0.15) is 5.82 Å². The van der Waals surface area contributed by atoms with Crippen LogP contribution in [0.2, 0.25) is 0 Å². The molecule has 1 fully saturated rings. The van der Waals surface area contributed by atoms with Crippen LogP contribution in [-0.4, -0.2) is 30.9 Å². The summed E-state index contributed by atoms with van der Waals surface area (Å²) in [6.07, 6.45) is 1.62. The quantitative estimate of drug-likeness (QED) is 0.921. The highest BCUT2D eigenvalue weighted by Crippen LogP contribution is 2.26. The van der Waals surface area contributed by atoms with Gasteiger partial charge in [0.15, 0.2) is 0 Å². The number of hydrogen-bond donors (Lipinski definition) is 1. The fourth-order valence-electron chi connectivity index (χ4n) is 2.26. The largest absolute Gasteiger partial charge is 0.392 e. The van der Waals surface area contributed by atoms with Crippen LogP contribution in [0.15, 0.2) is 23.1 Å². The predicted molar refractivity (Wildman–Crippen MR) is 69.5 cm³/mol. The molecule has 0 aliphatic carbocycles. The number of sulfonamides is 1. The molecule has 0 aromatic heterocycles. The number of aliphatic hydroxyl groups is 1. The number of nitrogens with zero attached hydrogens (tertiary/aromatic N) is 1. The lowest BCUT2D eigenvalue weighted by Gasteiger charge is -2.29. The van der Waals surface area contributed by atoms with E-state index in [-0.39, 0.29) is 10.5 Å². The molecule has 1 saturated heterocycles. The van der Waals surface area contributed by atoms with Crippen molar-refractivity contribution in [3.05, 3.63) is 29.6 Å². The molecule has 0 atom stereocenters. The second kappa shape index (κ2) is 5.56. The molecule has 1 heterocycles. The van der Waals surface area contributed by atoms with Crippen molar-refractivity contribution in [3.8, 4) is 0 Å². The molecule has 1 aliphatic rings. The lowest BCUT2D eigenvalue weighted by molar-refractivity contribution is 0.274. The molecule has 1 aromatic carbocycles. The first-order valence-electron chi connectivity index (χ1n) is 6.34. The van der Waals surface area contributed by atoms with Crippen molar-refractivity contribution in [3.63, 3.8) is 0 Å². The molecular weight excluding hydrogens is 269 g/mol. The summed E-state index contributed by atoms with van der Waals surface area (Å²) >= 11 is 0. The van der Waals surface area contributed by atoms with Crippen LogP contribution in [0.3, 0.4) is 0 Å². The number of rotatable bonds is 3. The lowest BCUT2D eigenvalue weighted by Crippen LogP contribution is -2.38. The number of hydrogen-bond acceptors (Lipinski definition) is 3. The number of aliphatic hydroxyl groups excluding tert-OH is 1. The van der Waals surface area contributed by atoms with E-state index in [4.69, 9.17) is 0 Å². The third kappa shape index (κ3) is 2.96. The highest BCUT2D eigenvalue weighted by atomic mass is 32.2. The Bertz CT molecular complexity index is 551. The van der Waals surface area contributed by atoms with Gasteiger partial charge in [0.05, 0.1) is 11.5 Å². The van der Waals surface area contributed by atoms with E-state index < -0.39 is 22.4 Å². The van der Waals surface area contributed by atoms with E-state index in [0.717, 1.165) is 25.0 Å². The van der Waals surface area contributed by atoms with Gasteiger partial charge in [-0.25, -0.2) is 12.8 Å². The minimum absolute atomic E-state index is 0.121. The first-order valence-corrected chi connectivity index (χ1v) is 7.78. The fourth-order valence-corrected chi connectivity index (χ4v) is 3.96. The van der Waals surface area contributed by atoms with Crippen LogP contribution < -0.4 is 0 Å². The summed E-state index contributed by atoms with van der Waals surface area (Å²) in [5.74, 6) is -0.0996. The zero-order valence-electron chi connectivity index (χ0n) is 10.8. The van der Waals surface area contributed by atoms with Gasteiger partial charge in [0.25, 0.3) is 0 Å². The zero-order valence-corrected chi connectivity index (χ0v) is 11.7. The van der Waals surface area contributed by atoms with E-state index in [1.807, 2.05) is 0 Å². The summed E-state index contributed by atoms with van der Waals surface area (Å²) in [6.45, 7) is 2.57. The molecular formula is C13H18FNO3S. The summed E-state index contributed by atoms with van der Waals surface area (Å²) in [5, 5.41) is 9.21. The Balaban J connectivity index is 2.36. The summed E-state index contributed by atoms with van der Waals surface area (Å²) in [6, 6.07) is 3.45. The highest BCUT2D eigenvalue weighted by molar-refractivity contribution is 7.89. The molecule has 1 aromatic rings. The first-order chi connectivity index (χ1) is 8.95. The Hall–Kier alpha value is -0.980. The Morgan fingerprint density at radius 1 is 1.37 bits per heavy atom. The molecule has 0 amide bonds. The van der Waals surface area contributed by atoms with Crippen molar-refractivity contribution >= 4 is 10.0 Å². The first kappa shape index (κ1) is 14.4. The smallest absolute Gasteiger partial charge is 0.243 e. The summed E-state index contributed by atoms with van der Waals surface area (Å²) < 4.78 is 39.6. The summed E-state index contributed by atoms with van der Waals surface area (Å²) in [7, 11) is -3.72. The Morgan fingerprint density at radius 3 is 2.58 bits per heavy atom. The Labute approximate surface area is 112 Å². The van der Waals surface area contributed by atoms with Crippen LogP contribution in [0.4, 0.5) is 4.39 Å². The second-order valence-electron chi connectivity index (χ2n) is 5.00. The van der Waals surface area contributed by atoms with E-state index >= 15 is 0 Å². The molecule has 0 saturated carbocycles. The molecule has 0 radical (unpaired) electrons. The van der Waals surface area contributed by atoms with Gasteiger partial charge in [-0.3, -0.25) is 0 Å². The van der Waals surface area contributed by atoms with Crippen molar-refractivity contribution in [2.75, 3.05) is 13.1 Å². The van der Waals surface area contributed by atoms with Gasteiger partial charge < -0.3 is 5.11 Å². The van der Waals surface area contributed by atoms with Crippen LogP contribution in [0.25, 0.3) is 0 Å². The summed E-state index contributed by atoms with van der Waals surface area (Å²) in [4.78, 5) is -0.121. The van der Waals surface area contributed by atoms with Gasteiger partial charge in [-0.1, -0.05) is 13.0 Å². The highest BCUT2D eigenvalue weighted by Gasteiger charge is 2.30. The third-order valence-electron chi connectivity index (χ3n) is 3.56. The molecule has 2 rings (SSSR count). The van der Waals surface area contributed by atoms with Crippen molar-refractivity contribution in [2.24, 2.45) is 5.92 Å². The van der Waals surface area contributed by atoms with Crippen LogP contribution in [0, 0.1) is 11.7 Å². The van der Waals surface area contributed by atoms with Crippen molar-refractivity contribution in [2.45, 2.75) is 31.3 Å². The van der Waals surface area contributed by atoms with E-state index in [1.54, 1.807) is 0 Å². The van der Waals surface area contributed by atoms with Crippen LogP contribution in [-0.2, 0) is 16.6 Å². The van der Waals surface area contributed by atoms with E-state index in [1.165, 1.54) is 10.4 Å². The van der Waals surface area contributed by atoms with E-state index in [0.29, 0.717) is 19.0 Å². The van der Waals surface area contributed by atoms with Gasteiger partial charge in [0, 0.05) is 13.1 Å². The minimum atomic E-state index is -3.72. The molecule has 0 spiro atoms. The van der Waals surface area contributed by atoms with E-state index in [9.17, 15) is 17.9 Å². The number of piperidine rings is 1. The Morgan fingerprint density at radius 2 is 2.00 bits per heavy atom. The van der Waals surface area contributed by atoms with E-state index in [2.05, 4.69) is 6.92 Å². The molecule has 19 heavy (non-hydrogen) atoms. The maximum absolute atomic E-state index is 13.3. The predicted octanol–water partition coefficient (Wildman–Crippen LogP) is 1.74. The molecule has 1 aliphatic heterocycles. The molecule has 4 nitrogen and oxygen atoms in total. The monoisotopic (exact) mass is 287 g/mol. The minimum Gasteiger partial charge on any atom is -0.392 e. The maximum Gasteiger partial charge on any atom is 0.243 e. The second-order valence-corrected chi connectivity index (χ2v) is 6.90. The standard InChI is InChI=1S/C13H18FNO3S/c1-10-4-6-15(7-5-10)19(17,18)13-8-12(14)3-2-11(13)9-16/h2-3,8,10,16H,4-7,9H2,1H3. The van der Waals surface area contributed by atoms with Crippen LogP contribution in [0.5, 0.6) is 0 Å². The number of halogens is 1. The summed E-state index contributed by atoms with van der Waals surface area (Å²) in [5.41, 5.74) is 0.236. The molecule has 0 unspecified atom stereocenters. The fraction of sp³-hybridized carbons (Fsp3) is 0.538. The van der Waals surface area contributed by atoms with Gasteiger partial charge in [-0.15, -0.1) is 0 Å². The van der Waals surface area contributed by atoms with Crippen LogP contribution >= 0.6 is 0 Å². The molecule has 0 bridgehead atoms. The number of benzene rings is 1. The van der Waals surface area contributed by atoms with Gasteiger partial charge in [-0.2, -0.15) is 4.31 Å². The Kier molecular flexibility index (Phi) is 4.23. The maximum atomic E-state index is 13.3. The molecule has 6 heteroatoms. The average Bonchev–Trinajstić information content (AvgIpc) is 2.39. The van der Waals surface area contributed by atoms with Crippen molar-refractivity contribution in [1.29, 1.82) is 0 Å². The molecule has 1 N–H and O–H groups in total. The van der Waals surface area contributed by atoms with Gasteiger partial charge in [-0.05, 0) is 36.5 Å². The lowest BCUT2D eigenvalue weighted by atomic mass is 10.0. The van der Waals surface area contributed by atoms with Crippen molar-refractivity contribution in [1.82, 2.24) is 4.31 Å². The third-order valence-corrected chi connectivity index (χ3v) is 5.54. The van der Waals surface area contributed by atoms with Crippen molar-refractivity contribution < 1.29 is 17.9 Å². The topological polar surface area (TPSA) is 57.6 Å². The molecule has 106 valence electrons. The zero-order chi connectivity index (χ0) is 14.0. The normalized spacial score (nSPS) is 18.7. The van der Waals surface area contributed by atoms with Crippen LogP contribution in [0.1, 0.15) is 25.3 Å². The van der Waals surface area contributed by atoms with Gasteiger partial charge in [0.2, 0.25) is 10.0 Å².